The van der Waals surface area contributed by atoms with Gasteiger partial charge >= 0.3 is 11.9 Å². The third-order valence-electron chi connectivity index (χ3n) is 7.21. The summed E-state index contributed by atoms with van der Waals surface area (Å²) in [5.74, 6) is -2.36. The summed E-state index contributed by atoms with van der Waals surface area (Å²) in [6, 6.07) is 0. The van der Waals surface area contributed by atoms with E-state index in [1.807, 2.05) is 0 Å². The van der Waals surface area contributed by atoms with Crippen LogP contribution in [0.4, 0.5) is 0 Å². The number of carbonyl (C=O) groups is 2. The Kier molecular flexibility index (Phi) is 2.42. The van der Waals surface area contributed by atoms with E-state index in [1.54, 1.807) is 0 Å². The van der Waals surface area contributed by atoms with Gasteiger partial charge in [-0.3, -0.25) is 9.59 Å². The molecule has 0 saturated carbocycles. The summed E-state index contributed by atoms with van der Waals surface area (Å²) >= 11 is 0. The largest absolute Gasteiger partial charge is 0.481 e. The minimum atomic E-state index is -0.986. The second-order valence-corrected chi connectivity index (χ2v) is 7.80. The standard InChI is InChI=1S/C17H18O7/c1-21-17(20)11-10(16(18)19)14-8-9(15(11)24-14)13-7-5-3-2-4(22-5)6(7)12(8)23-13/h2-15H,1H3,(H,18,19). The van der Waals surface area contributed by atoms with E-state index in [2.05, 4.69) is 12.2 Å². The number of fused-ring (bicyclic) bond motifs is 16. The van der Waals surface area contributed by atoms with Crippen molar-refractivity contribution < 1.29 is 33.6 Å². The maximum absolute atomic E-state index is 12.2. The van der Waals surface area contributed by atoms with Gasteiger partial charge in [0.15, 0.2) is 0 Å². The van der Waals surface area contributed by atoms with Gasteiger partial charge in [-0.05, 0) is 0 Å². The highest BCUT2D eigenvalue weighted by Gasteiger charge is 2.77. The molecular weight excluding hydrogens is 316 g/mol. The number of hydrogen-bond acceptors (Lipinski definition) is 6. The van der Waals surface area contributed by atoms with Crippen LogP contribution in [0.2, 0.25) is 0 Å². The highest BCUT2D eigenvalue weighted by Crippen LogP contribution is 2.66. The van der Waals surface area contributed by atoms with Crippen molar-refractivity contribution in [3.8, 4) is 0 Å². The van der Waals surface area contributed by atoms with E-state index < -0.39 is 36.0 Å². The van der Waals surface area contributed by atoms with Crippen molar-refractivity contribution in [2.75, 3.05) is 7.11 Å². The van der Waals surface area contributed by atoms with Gasteiger partial charge in [0.05, 0.1) is 55.6 Å². The maximum atomic E-state index is 12.2. The quantitative estimate of drug-likeness (QED) is 0.554. The van der Waals surface area contributed by atoms with Gasteiger partial charge in [0.1, 0.15) is 0 Å². The number of esters is 1. The first-order valence-corrected chi connectivity index (χ1v) is 8.57. The molecule has 7 heteroatoms. The molecule has 1 N–H and O–H groups in total. The normalized spacial score (nSPS) is 60.5. The molecule has 0 aromatic heterocycles. The molecule has 0 aliphatic carbocycles. The zero-order chi connectivity index (χ0) is 16.3. The van der Waals surface area contributed by atoms with E-state index in [9.17, 15) is 14.7 Å². The summed E-state index contributed by atoms with van der Waals surface area (Å²) in [5.41, 5.74) is 0. The molecule has 12 unspecified atom stereocenters. The Morgan fingerprint density at radius 2 is 1.38 bits per heavy atom. The van der Waals surface area contributed by atoms with Crippen LogP contribution in [0.15, 0.2) is 12.2 Å². The molecule has 6 bridgehead atoms. The maximum Gasteiger partial charge on any atom is 0.312 e. The second-order valence-electron chi connectivity index (χ2n) is 7.80. The fourth-order valence-corrected chi connectivity index (χ4v) is 6.62. The van der Waals surface area contributed by atoms with Crippen molar-refractivity contribution in [1.29, 1.82) is 0 Å². The molecule has 24 heavy (non-hydrogen) atoms. The molecule has 128 valence electrons. The molecule has 0 aromatic carbocycles. The Labute approximate surface area is 137 Å². The average Bonchev–Trinajstić information content (AvgIpc) is 3.37. The first-order chi connectivity index (χ1) is 11.6. The van der Waals surface area contributed by atoms with Crippen LogP contribution in [0.3, 0.4) is 0 Å². The first-order valence-electron chi connectivity index (χ1n) is 8.57. The number of rotatable bonds is 2. The molecule has 7 nitrogen and oxygen atoms in total. The van der Waals surface area contributed by atoms with Crippen LogP contribution < -0.4 is 0 Å². The molecule has 6 rings (SSSR count). The molecule has 6 heterocycles. The molecule has 0 aromatic rings. The van der Waals surface area contributed by atoms with Crippen LogP contribution in [0.1, 0.15) is 0 Å². The predicted octanol–water partition coefficient (Wildman–Crippen LogP) is -0.160. The lowest BCUT2D eigenvalue weighted by Crippen LogP contribution is -2.54. The monoisotopic (exact) mass is 334 g/mol. The van der Waals surface area contributed by atoms with Gasteiger partial charge in [-0.15, -0.1) is 0 Å². The van der Waals surface area contributed by atoms with Crippen LogP contribution in [-0.2, 0) is 28.5 Å². The van der Waals surface area contributed by atoms with E-state index in [4.69, 9.17) is 18.9 Å². The SMILES string of the molecule is COC(=O)C1C2OC(C1C(=O)O)C1C3OC(C4C5C=CC(O5)C34)C21. The summed E-state index contributed by atoms with van der Waals surface area (Å²) in [4.78, 5) is 24.0. The van der Waals surface area contributed by atoms with Crippen molar-refractivity contribution in [1.82, 2.24) is 0 Å². The number of hydrogen-bond donors (Lipinski definition) is 1. The van der Waals surface area contributed by atoms with Crippen molar-refractivity contribution in [2.45, 2.75) is 36.6 Å². The Balaban J connectivity index is 1.41. The minimum Gasteiger partial charge on any atom is -0.481 e. The molecule has 5 saturated heterocycles. The number of carboxylic acid groups (broad SMARTS) is 1. The van der Waals surface area contributed by atoms with Gasteiger partial charge in [-0.1, -0.05) is 12.2 Å². The van der Waals surface area contributed by atoms with Crippen molar-refractivity contribution in [3.05, 3.63) is 12.2 Å². The second kappa shape index (κ2) is 4.20. The van der Waals surface area contributed by atoms with Gasteiger partial charge in [0.25, 0.3) is 0 Å². The third kappa shape index (κ3) is 1.31. The Hall–Kier alpha value is -1.44. The average molecular weight is 334 g/mol. The zero-order valence-electron chi connectivity index (χ0n) is 13.0. The first kappa shape index (κ1) is 13.8. The smallest absolute Gasteiger partial charge is 0.312 e. The van der Waals surface area contributed by atoms with Crippen molar-refractivity contribution >= 4 is 11.9 Å². The van der Waals surface area contributed by atoms with Crippen LogP contribution in [0.25, 0.3) is 0 Å². The van der Waals surface area contributed by atoms with E-state index in [1.165, 1.54) is 7.11 Å². The fourth-order valence-electron chi connectivity index (χ4n) is 6.62. The number of carbonyl (C=O) groups excluding carboxylic acids is 1. The lowest BCUT2D eigenvalue weighted by molar-refractivity contribution is -0.158. The lowest BCUT2D eigenvalue weighted by atomic mass is 9.57. The van der Waals surface area contributed by atoms with Crippen LogP contribution >= 0.6 is 0 Å². The zero-order valence-corrected chi connectivity index (χ0v) is 13.0. The summed E-state index contributed by atoms with van der Waals surface area (Å²) < 4.78 is 23.3. The predicted molar refractivity (Wildman–Crippen MR) is 75.7 cm³/mol. The third-order valence-corrected chi connectivity index (χ3v) is 7.21. The Bertz CT molecular complexity index is 674. The minimum absolute atomic E-state index is 0.0122. The van der Waals surface area contributed by atoms with Crippen molar-refractivity contribution in [3.63, 3.8) is 0 Å². The van der Waals surface area contributed by atoms with Crippen LogP contribution in [0, 0.1) is 35.5 Å². The summed E-state index contributed by atoms with van der Waals surface area (Å²) in [6.45, 7) is 0. The summed E-state index contributed by atoms with van der Waals surface area (Å²) in [6.07, 6.45) is 3.44. The number of ether oxygens (including phenoxy) is 4. The number of aliphatic carboxylic acids is 1. The molecule has 0 radical (unpaired) electrons. The molecule has 0 amide bonds. The number of methoxy groups -OCH3 is 1. The van der Waals surface area contributed by atoms with E-state index in [0.29, 0.717) is 11.8 Å². The molecule has 6 aliphatic heterocycles. The lowest BCUT2D eigenvalue weighted by Gasteiger charge is -2.40. The van der Waals surface area contributed by atoms with Gasteiger partial charge in [-0.2, -0.15) is 0 Å². The molecule has 6 aliphatic rings. The van der Waals surface area contributed by atoms with Crippen LogP contribution in [-0.4, -0.2) is 60.8 Å². The highest BCUT2D eigenvalue weighted by molar-refractivity contribution is 5.83. The van der Waals surface area contributed by atoms with E-state index in [-0.39, 0.29) is 36.3 Å². The van der Waals surface area contributed by atoms with Gasteiger partial charge in [0.2, 0.25) is 0 Å². The van der Waals surface area contributed by atoms with E-state index >= 15 is 0 Å². The topological polar surface area (TPSA) is 91.3 Å². The van der Waals surface area contributed by atoms with Gasteiger partial charge < -0.3 is 24.1 Å². The van der Waals surface area contributed by atoms with Gasteiger partial charge in [0, 0.05) is 23.7 Å². The van der Waals surface area contributed by atoms with Crippen LogP contribution in [0.5, 0.6) is 0 Å². The fraction of sp³-hybridized carbons (Fsp3) is 0.765. The number of carboxylic acids is 1. The Morgan fingerprint density at radius 1 is 0.833 bits per heavy atom. The molecule has 0 spiro atoms. The molecular formula is C17H18O7. The van der Waals surface area contributed by atoms with E-state index in [0.717, 1.165) is 0 Å². The van der Waals surface area contributed by atoms with Crippen molar-refractivity contribution in [2.24, 2.45) is 35.5 Å². The highest BCUT2D eigenvalue weighted by atomic mass is 16.6. The molecule has 12 atom stereocenters. The summed E-state index contributed by atoms with van der Waals surface area (Å²) in [7, 11) is 1.30. The summed E-state index contributed by atoms with van der Waals surface area (Å²) in [5, 5.41) is 9.67. The molecule has 5 fully saturated rings. The Morgan fingerprint density at radius 3 is 1.92 bits per heavy atom. The van der Waals surface area contributed by atoms with Gasteiger partial charge in [-0.25, -0.2) is 0 Å².